The molecule has 2 unspecified atom stereocenters. The summed E-state index contributed by atoms with van der Waals surface area (Å²) in [7, 11) is 0. The summed E-state index contributed by atoms with van der Waals surface area (Å²) in [6, 6.07) is 8.70. The second-order valence-electron chi connectivity index (χ2n) is 5.75. The minimum Gasteiger partial charge on any atom is -0.480 e. The molecular formula is C18H22N2O4. The Balaban J connectivity index is 1.90. The molecule has 6 nitrogen and oxygen atoms in total. The summed E-state index contributed by atoms with van der Waals surface area (Å²) in [5.74, 6) is -0.353. The molecule has 2 aromatic rings. The number of nitrogens with one attached hydrogen (secondary N) is 1. The van der Waals surface area contributed by atoms with Crippen LogP contribution in [-0.2, 0) is 16.0 Å². The molecule has 0 saturated heterocycles. The quantitative estimate of drug-likeness (QED) is 0.776. The van der Waals surface area contributed by atoms with Crippen LogP contribution in [0.4, 0.5) is 0 Å². The molecule has 2 rings (SSSR count). The summed E-state index contributed by atoms with van der Waals surface area (Å²) in [5.41, 5.74) is 0.920. The number of aromatic nitrogens is 1. The highest BCUT2D eigenvalue weighted by atomic mass is 16.4. The first kappa shape index (κ1) is 17.7. The number of amides is 1. The third kappa shape index (κ3) is 4.68. The highest BCUT2D eigenvalue weighted by Gasteiger charge is 2.25. The lowest BCUT2D eigenvalue weighted by molar-refractivity contribution is -0.143. The standard InChI is InChI=1S/C18H22N2O4/c1-3-12(2)17(18(22)23)20-15(21)9-10-16-19-11-14(24-16)13-7-5-4-6-8-13/h4-8,11-12,17H,3,9-10H2,1-2H3,(H,20,21)(H,22,23). The lowest BCUT2D eigenvalue weighted by Crippen LogP contribution is -2.45. The number of hydrogen-bond acceptors (Lipinski definition) is 4. The van der Waals surface area contributed by atoms with Gasteiger partial charge in [-0.15, -0.1) is 0 Å². The second kappa shape index (κ2) is 8.29. The zero-order valence-corrected chi connectivity index (χ0v) is 13.9. The van der Waals surface area contributed by atoms with Crippen LogP contribution in [0, 0.1) is 5.92 Å². The molecule has 1 aromatic carbocycles. The highest BCUT2D eigenvalue weighted by Crippen LogP contribution is 2.20. The second-order valence-corrected chi connectivity index (χ2v) is 5.75. The average Bonchev–Trinajstić information content (AvgIpc) is 3.06. The van der Waals surface area contributed by atoms with Crippen LogP contribution in [0.15, 0.2) is 40.9 Å². The van der Waals surface area contributed by atoms with E-state index < -0.39 is 12.0 Å². The Hall–Kier alpha value is -2.63. The number of carbonyl (C=O) groups excluding carboxylic acids is 1. The van der Waals surface area contributed by atoms with E-state index in [-0.39, 0.29) is 18.2 Å². The van der Waals surface area contributed by atoms with Gasteiger partial charge >= 0.3 is 5.97 Å². The van der Waals surface area contributed by atoms with Crippen molar-refractivity contribution in [3.05, 3.63) is 42.4 Å². The maximum absolute atomic E-state index is 12.0. The average molecular weight is 330 g/mol. The highest BCUT2D eigenvalue weighted by molar-refractivity contribution is 5.83. The third-order valence-electron chi connectivity index (χ3n) is 3.97. The molecule has 0 aliphatic carbocycles. The third-order valence-corrected chi connectivity index (χ3v) is 3.97. The molecule has 0 aliphatic heterocycles. The van der Waals surface area contributed by atoms with Crippen LogP contribution < -0.4 is 5.32 Å². The number of carboxylic acids is 1. The van der Waals surface area contributed by atoms with E-state index >= 15 is 0 Å². The summed E-state index contributed by atoms with van der Waals surface area (Å²) in [4.78, 5) is 27.4. The van der Waals surface area contributed by atoms with Gasteiger partial charge in [-0.3, -0.25) is 4.79 Å². The van der Waals surface area contributed by atoms with E-state index in [1.165, 1.54) is 0 Å². The van der Waals surface area contributed by atoms with Crippen molar-refractivity contribution in [2.75, 3.05) is 0 Å². The van der Waals surface area contributed by atoms with Crippen molar-refractivity contribution in [3.63, 3.8) is 0 Å². The molecule has 128 valence electrons. The van der Waals surface area contributed by atoms with E-state index in [1.807, 2.05) is 37.3 Å². The molecule has 1 amide bonds. The van der Waals surface area contributed by atoms with Crippen molar-refractivity contribution >= 4 is 11.9 Å². The Bertz CT molecular complexity index is 681. The fraction of sp³-hybridized carbons (Fsp3) is 0.389. The first-order valence-corrected chi connectivity index (χ1v) is 8.03. The number of aryl methyl sites for hydroxylation is 1. The van der Waals surface area contributed by atoms with E-state index in [4.69, 9.17) is 4.42 Å². The molecule has 1 aromatic heterocycles. The molecule has 0 spiro atoms. The molecule has 2 N–H and O–H groups in total. The van der Waals surface area contributed by atoms with E-state index in [0.29, 0.717) is 24.5 Å². The van der Waals surface area contributed by atoms with Crippen molar-refractivity contribution < 1.29 is 19.1 Å². The van der Waals surface area contributed by atoms with Gasteiger partial charge in [-0.1, -0.05) is 50.6 Å². The fourth-order valence-corrected chi connectivity index (χ4v) is 2.31. The zero-order chi connectivity index (χ0) is 17.5. The summed E-state index contributed by atoms with van der Waals surface area (Å²) in [5, 5.41) is 11.8. The van der Waals surface area contributed by atoms with Crippen LogP contribution in [0.25, 0.3) is 11.3 Å². The number of hydrogen-bond donors (Lipinski definition) is 2. The summed E-state index contributed by atoms with van der Waals surface area (Å²) < 4.78 is 5.63. The van der Waals surface area contributed by atoms with Crippen molar-refractivity contribution in [2.24, 2.45) is 5.92 Å². The predicted octanol–water partition coefficient (Wildman–Crippen LogP) is 2.89. The first-order chi connectivity index (χ1) is 11.5. The maximum Gasteiger partial charge on any atom is 0.326 e. The molecule has 0 aliphatic rings. The molecular weight excluding hydrogens is 308 g/mol. The molecule has 6 heteroatoms. The molecule has 0 fully saturated rings. The van der Waals surface area contributed by atoms with Crippen LogP contribution in [0.3, 0.4) is 0 Å². The summed E-state index contributed by atoms with van der Waals surface area (Å²) in [6.07, 6.45) is 2.76. The number of rotatable bonds is 8. The number of aliphatic carboxylic acids is 1. The van der Waals surface area contributed by atoms with Crippen LogP contribution in [0.1, 0.15) is 32.6 Å². The first-order valence-electron chi connectivity index (χ1n) is 8.03. The van der Waals surface area contributed by atoms with Gasteiger partial charge in [-0.05, 0) is 5.92 Å². The van der Waals surface area contributed by atoms with Crippen LogP contribution >= 0.6 is 0 Å². The normalized spacial score (nSPS) is 13.2. The Morgan fingerprint density at radius 3 is 2.62 bits per heavy atom. The number of nitrogens with zero attached hydrogens (tertiary/aromatic N) is 1. The van der Waals surface area contributed by atoms with Gasteiger partial charge < -0.3 is 14.8 Å². The lowest BCUT2D eigenvalue weighted by Gasteiger charge is -2.19. The van der Waals surface area contributed by atoms with Gasteiger partial charge in [0.2, 0.25) is 5.91 Å². The van der Waals surface area contributed by atoms with Gasteiger partial charge in [0.25, 0.3) is 0 Å². The fourth-order valence-electron chi connectivity index (χ4n) is 2.31. The van der Waals surface area contributed by atoms with E-state index in [9.17, 15) is 14.7 Å². The van der Waals surface area contributed by atoms with Gasteiger partial charge in [-0.25, -0.2) is 9.78 Å². The van der Waals surface area contributed by atoms with Crippen molar-refractivity contribution in [1.82, 2.24) is 10.3 Å². The molecule has 0 bridgehead atoms. The van der Waals surface area contributed by atoms with Crippen LogP contribution in [-0.4, -0.2) is 28.0 Å². The van der Waals surface area contributed by atoms with E-state index in [1.54, 1.807) is 13.1 Å². The SMILES string of the molecule is CCC(C)C(NC(=O)CCc1ncc(-c2ccccc2)o1)C(=O)O. The minimum absolute atomic E-state index is 0.127. The van der Waals surface area contributed by atoms with Gasteiger partial charge in [-0.2, -0.15) is 0 Å². The molecule has 0 radical (unpaired) electrons. The Kier molecular flexibility index (Phi) is 6.12. The van der Waals surface area contributed by atoms with E-state index in [2.05, 4.69) is 10.3 Å². The number of oxazole rings is 1. The maximum atomic E-state index is 12.0. The van der Waals surface area contributed by atoms with Gasteiger partial charge in [0.15, 0.2) is 11.7 Å². The lowest BCUT2D eigenvalue weighted by atomic mass is 9.99. The zero-order valence-electron chi connectivity index (χ0n) is 13.9. The van der Waals surface area contributed by atoms with Crippen LogP contribution in [0.2, 0.25) is 0 Å². The Labute approximate surface area is 140 Å². The van der Waals surface area contributed by atoms with Crippen LogP contribution in [0.5, 0.6) is 0 Å². The molecule has 0 saturated carbocycles. The van der Waals surface area contributed by atoms with Crippen molar-refractivity contribution in [2.45, 2.75) is 39.2 Å². The largest absolute Gasteiger partial charge is 0.480 e. The number of benzene rings is 1. The van der Waals surface area contributed by atoms with Crippen molar-refractivity contribution in [1.29, 1.82) is 0 Å². The predicted molar refractivity (Wildman–Crippen MR) is 89.3 cm³/mol. The van der Waals surface area contributed by atoms with Crippen molar-refractivity contribution in [3.8, 4) is 11.3 Å². The van der Waals surface area contributed by atoms with E-state index in [0.717, 1.165) is 5.56 Å². The summed E-state index contributed by atoms with van der Waals surface area (Å²) >= 11 is 0. The van der Waals surface area contributed by atoms with Gasteiger partial charge in [0.1, 0.15) is 6.04 Å². The number of carbonyl (C=O) groups is 2. The topological polar surface area (TPSA) is 92.4 Å². The molecule has 24 heavy (non-hydrogen) atoms. The Morgan fingerprint density at radius 2 is 2.00 bits per heavy atom. The molecule has 2 atom stereocenters. The Morgan fingerprint density at radius 1 is 1.29 bits per heavy atom. The smallest absolute Gasteiger partial charge is 0.326 e. The minimum atomic E-state index is -1.01. The number of carboxylic acid groups (broad SMARTS) is 1. The van der Waals surface area contributed by atoms with Gasteiger partial charge in [0, 0.05) is 18.4 Å². The summed E-state index contributed by atoms with van der Waals surface area (Å²) in [6.45, 7) is 3.70. The monoisotopic (exact) mass is 330 g/mol. The molecule has 1 heterocycles. The van der Waals surface area contributed by atoms with Gasteiger partial charge in [0.05, 0.1) is 6.20 Å².